The maximum atomic E-state index is 11.8. The number of nitriles is 1. The number of hydrogen-bond acceptors (Lipinski definition) is 4. The molecule has 0 aliphatic rings. The second-order valence-corrected chi connectivity index (χ2v) is 5.21. The highest BCUT2D eigenvalue weighted by Gasteiger charge is 2.07. The summed E-state index contributed by atoms with van der Waals surface area (Å²) < 4.78 is 0. The molecule has 1 aromatic heterocycles. The molecule has 1 heterocycles. The van der Waals surface area contributed by atoms with Crippen LogP contribution in [0.2, 0.25) is 5.02 Å². The molecule has 0 aliphatic carbocycles. The second-order valence-electron chi connectivity index (χ2n) is 3.81. The molecule has 0 atom stereocenters. The number of benzene rings is 1. The van der Waals surface area contributed by atoms with Crippen LogP contribution in [0.4, 0.5) is 5.69 Å². The van der Waals surface area contributed by atoms with Gasteiger partial charge in [0.25, 0.3) is 0 Å². The highest BCUT2D eigenvalue weighted by atomic mass is 35.5. The molecule has 1 N–H and O–H groups in total. The molecule has 2 aromatic rings. The summed E-state index contributed by atoms with van der Waals surface area (Å²) in [7, 11) is 0. The van der Waals surface area contributed by atoms with Crippen molar-refractivity contribution in [3.63, 3.8) is 0 Å². The lowest BCUT2D eigenvalue weighted by Crippen LogP contribution is -2.14. The number of halogens is 1. The minimum absolute atomic E-state index is 0.160. The van der Waals surface area contributed by atoms with E-state index in [2.05, 4.69) is 10.3 Å². The van der Waals surface area contributed by atoms with Crippen molar-refractivity contribution in [3.05, 3.63) is 53.2 Å². The van der Waals surface area contributed by atoms with E-state index in [0.29, 0.717) is 21.3 Å². The SMILES string of the molecule is N#Cc1cccnc1SCC(=O)Nc1ccc(Cl)cc1. The average Bonchev–Trinajstić information content (AvgIpc) is 2.48. The number of carbonyl (C=O) groups is 1. The van der Waals surface area contributed by atoms with Crippen molar-refractivity contribution in [2.75, 3.05) is 11.1 Å². The Bertz CT molecular complexity index is 652. The molecule has 6 heteroatoms. The number of aromatic nitrogens is 1. The molecule has 20 heavy (non-hydrogen) atoms. The van der Waals surface area contributed by atoms with Gasteiger partial charge in [0.05, 0.1) is 11.3 Å². The highest BCUT2D eigenvalue weighted by Crippen LogP contribution is 2.19. The minimum Gasteiger partial charge on any atom is -0.325 e. The van der Waals surface area contributed by atoms with Gasteiger partial charge in [-0.25, -0.2) is 4.98 Å². The second kappa shape index (κ2) is 6.94. The van der Waals surface area contributed by atoms with E-state index < -0.39 is 0 Å². The van der Waals surface area contributed by atoms with Crippen molar-refractivity contribution < 1.29 is 4.79 Å². The normalized spacial score (nSPS) is 9.80. The first-order valence-corrected chi connectivity index (χ1v) is 7.09. The van der Waals surface area contributed by atoms with Crippen LogP contribution in [-0.4, -0.2) is 16.6 Å². The van der Waals surface area contributed by atoms with Gasteiger partial charge in [-0.15, -0.1) is 0 Å². The first-order chi connectivity index (χ1) is 9.69. The van der Waals surface area contributed by atoms with Gasteiger partial charge in [0.1, 0.15) is 11.1 Å². The molecule has 100 valence electrons. The molecule has 2 rings (SSSR count). The van der Waals surface area contributed by atoms with Crippen LogP contribution >= 0.6 is 23.4 Å². The lowest BCUT2D eigenvalue weighted by Gasteiger charge is -2.05. The van der Waals surface area contributed by atoms with Gasteiger partial charge in [-0.1, -0.05) is 23.4 Å². The first-order valence-electron chi connectivity index (χ1n) is 5.72. The van der Waals surface area contributed by atoms with E-state index in [0.717, 1.165) is 0 Å². The monoisotopic (exact) mass is 303 g/mol. The molecule has 0 unspecified atom stereocenters. The molecule has 1 aromatic carbocycles. The van der Waals surface area contributed by atoms with Gasteiger partial charge in [-0.05, 0) is 36.4 Å². The number of hydrogen-bond donors (Lipinski definition) is 1. The van der Waals surface area contributed by atoms with Crippen LogP contribution in [-0.2, 0) is 4.79 Å². The van der Waals surface area contributed by atoms with Crippen LogP contribution in [0.5, 0.6) is 0 Å². The molecule has 0 spiro atoms. The van der Waals surface area contributed by atoms with Gasteiger partial charge in [-0.3, -0.25) is 4.79 Å². The van der Waals surface area contributed by atoms with Gasteiger partial charge >= 0.3 is 0 Å². The third-order valence-electron chi connectivity index (χ3n) is 2.36. The van der Waals surface area contributed by atoms with E-state index in [9.17, 15) is 4.79 Å². The van der Waals surface area contributed by atoms with Gasteiger partial charge in [0, 0.05) is 16.9 Å². The zero-order valence-corrected chi connectivity index (χ0v) is 11.9. The summed E-state index contributed by atoms with van der Waals surface area (Å²) in [5.74, 6) is 0.0285. The lowest BCUT2D eigenvalue weighted by molar-refractivity contribution is -0.113. The highest BCUT2D eigenvalue weighted by molar-refractivity contribution is 8.00. The lowest BCUT2D eigenvalue weighted by atomic mass is 10.3. The molecule has 0 saturated heterocycles. The maximum absolute atomic E-state index is 11.8. The van der Waals surface area contributed by atoms with E-state index in [-0.39, 0.29) is 11.7 Å². The smallest absolute Gasteiger partial charge is 0.234 e. The van der Waals surface area contributed by atoms with Crippen LogP contribution in [0.1, 0.15) is 5.56 Å². The number of pyridine rings is 1. The topological polar surface area (TPSA) is 65.8 Å². The van der Waals surface area contributed by atoms with Crippen LogP contribution in [0.3, 0.4) is 0 Å². The van der Waals surface area contributed by atoms with Crippen LogP contribution < -0.4 is 5.32 Å². The Morgan fingerprint density at radius 1 is 1.35 bits per heavy atom. The molecule has 1 amide bonds. The zero-order valence-electron chi connectivity index (χ0n) is 10.3. The third kappa shape index (κ3) is 3.98. The van der Waals surface area contributed by atoms with Crippen molar-refractivity contribution in [2.45, 2.75) is 5.03 Å². The van der Waals surface area contributed by atoms with E-state index >= 15 is 0 Å². The fraction of sp³-hybridized carbons (Fsp3) is 0.0714. The van der Waals surface area contributed by atoms with Crippen molar-refractivity contribution in [1.29, 1.82) is 5.26 Å². The van der Waals surface area contributed by atoms with Gasteiger partial charge < -0.3 is 5.32 Å². The van der Waals surface area contributed by atoms with Crippen molar-refractivity contribution in [2.24, 2.45) is 0 Å². The quantitative estimate of drug-likeness (QED) is 0.880. The van der Waals surface area contributed by atoms with Crippen LogP contribution in [0, 0.1) is 11.3 Å². The summed E-state index contributed by atoms with van der Waals surface area (Å²) in [6, 6.07) is 12.3. The van der Waals surface area contributed by atoms with Crippen molar-refractivity contribution in [3.8, 4) is 6.07 Å². The number of anilines is 1. The number of rotatable bonds is 4. The van der Waals surface area contributed by atoms with Gasteiger partial charge in [0.2, 0.25) is 5.91 Å². The summed E-state index contributed by atoms with van der Waals surface area (Å²) in [4.78, 5) is 15.9. The van der Waals surface area contributed by atoms with Gasteiger partial charge in [0.15, 0.2) is 0 Å². The molecular formula is C14H10ClN3OS. The van der Waals surface area contributed by atoms with E-state index in [1.54, 1.807) is 42.6 Å². The summed E-state index contributed by atoms with van der Waals surface area (Å²) in [6.07, 6.45) is 1.60. The summed E-state index contributed by atoms with van der Waals surface area (Å²) >= 11 is 7.00. The average molecular weight is 304 g/mol. The Hall–Kier alpha value is -2.03. The Balaban J connectivity index is 1.92. The molecule has 0 aliphatic heterocycles. The third-order valence-corrected chi connectivity index (χ3v) is 3.62. The number of nitrogens with zero attached hydrogens (tertiary/aromatic N) is 2. The summed E-state index contributed by atoms with van der Waals surface area (Å²) in [6.45, 7) is 0. The molecule has 0 bridgehead atoms. The Kier molecular flexibility index (Phi) is 4.99. The molecule has 0 fully saturated rings. The number of thioether (sulfide) groups is 1. The molecular weight excluding hydrogens is 294 g/mol. The Morgan fingerprint density at radius 2 is 2.10 bits per heavy atom. The molecule has 4 nitrogen and oxygen atoms in total. The maximum Gasteiger partial charge on any atom is 0.234 e. The van der Waals surface area contributed by atoms with E-state index in [1.165, 1.54) is 11.8 Å². The molecule has 0 saturated carbocycles. The minimum atomic E-state index is -0.160. The number of nitrogens with one attached hydrogen (secondary N) is 1. The number of amides is 1. The molecule has 0 radical (unpaired) electrons. The van der Waals surface area contributed by atoms with Crippen molar-refractivity contribution >= 4 is 35.0 Å². The largest absolute Gasteiger partial charge is 0.325 e. The van der Waals surface area contributed by atoms with Crippen molar-refractivity contribution in [1.82, 2.24) is 4.98 Å². The fourth-order valence-electron chi connectivity index (χ4n) is 1.46. The Labute approximate surface area is 125 Å². The first kappa shape index (κ1) is 14.4. The predicted octanol–water partition coefficient (Wildman–Crippen LogP) is 3.34. The van der Waals surface area contributed by atoms with E-state index in [1.807, 2.05) is 6.07 Å². The van der Waals surface area contributed by atoms with E-state index in [4.69, 9.17) is 16.9 Å². The van der Waals surface area contributed by atoms with Crippen LogP contribution in [0.15, 0.2) is 47.6 Å². The fourth-order valence-corrected chi connectivity index (χ4v) is 2.33. The zero-order chi connectivity index (χ0) is 14.4. The van der Waals surface area contributed by atoms with Crippen LogP contribution in [0.25, 0.3) is 0 Å². The summed E-state index contributed by atoms with van der Waals surface area (Å²) in [5.41, 5.74) is 1.15. The standard InChI is InChI=1S/C14H10ClN3OS/c15-11-3-5-12(6-4-11)18-13(19)9-20-14-10(8-16)2-1-7-17-14/h1-7H,9H2,(H,18,19). The Morgan fingerprint density at radius 3 is 2.80 bits per heavy atom. The van der Waals surface area contributed by atoms with Gasteiger partial charge in [-0.2, -0.15) is 5.26 Å². The number of carbonyl (C=O) groups excluding carboxylic acids is 1. The predicted molar refractivity (Wildman–Crippen MR) is 79.8 cm³/mol. The summed E-state index contributed by atoms with van der Waals surface area (Å²) in [5, 5.41) is 12.8.